The molecule has 1 saturated heterocycles. The number of benzene rings is 3. The zero-order chi connectivity index (χ0) is 21.9. The molecule has 1 N–H and O–H groups in total. The summed E-state index contributed by atoms with van der Waals surface area (Å²) in [6.07, 6.45) is 1.90. The number of fused-ring (bicyclic) bond motifs is 2. The van der Waals surface area contributed by atoms with E-state index in [0.29, 0.717) is 10.8 Å². The summed E-state index contributed by atoms with van der Waals surface area (Å²) in [4.78, 5) is 28.3. The highest BCUT2D eigenvalue weighted by Gasteiger charge is 2.21. The van der Waals surface area contributed by atoms with Crippen LogP contribution < -0.4 is 10.7 Å². The standard InChI is InChI=1S/C27H27N3O2/c31-26(28-21-14-16-29(17-15-21)18-20-8-2-1-3-9-20)19-30-24-12-6-4-10-22(24)27(32)23-11-5-7-13-25(23)30/h1-13,21H,14-19H2,(H,28,31). The number of carbonyl (C=O) groups is 1. The van der Waals surface area contributed by atoms with E-state index in [0.717, 1.165) is 43.5 Å². The summed E-state index contributed by atoms with van der Waals surface area (Å²) in [7, 11) is 0. The maximum atomic E-state index is 13.0. The van der Waals surface area contributed by atoms with E-state index in [1.165, 1.54) is 5.56 Å². The molecule has 0 aliphatic carbocycles. The first-order chi connectivity index (χ1) is 15.7. The number of nitrogens with one attached hydrogen (secondary N) is 1. The number of nitrogens with zero attached hydrogens (tertiary/aromatic N) is 2. The zero-order valence-corrected chi connectivity index (χ0v) is 18.0. The number of aromatic nitrogens is 1. The normalized spacial score (nSPS) is 15.2. The molecule has 1 aliphatic rings. The molecule has 2 heterocycles. The van der Waals surface area contributed by atoms with Crippen LogP contribution in [0.15, 0.2) is 83.7 Å². The van der Waals surface area contributed by atoms with Crippen LogP contribution in [0.4, 0.5) is 0 Å². The van der Waals surface area contributed by atoms with Crippen LogP contribution >= 0.6 is 0 Å². The van der Waals surface area contributed by atoms with Gasteiger partial charge in [-0.2, -0.15) is 0 Å². The maximum Gasteiger partial charge on any atom is 0.240 e. The van der Waals surface area contributed by atoms with Gasteiger partial charge in [-0.1, -0.05) is 54.6 Å². The molecule has 1 aromatic heterocycles. The average molecular weight is 426 g/mol. The van der Waals surface area contributed by atoms with Crippen LogP contribution in [-0.2, 0) is 17.9 Å². The van der Waals surface area contributed by atoms with Crippen LogP contribution in [0.25, 0.3) is 21.8 Å². The number of rotatable bonds is 5. The third-order valence-corrected chi connectivity index (χ3v) is 6.38. The topological polar surface area (TPSA) is 54.3 Å². The van der Waals surface area contributed by atoms with Crippen molar-refractivity contribution < 1.29 is 4.79 Å². The van der Waals surface area contributed by atoms with E-state index in [4.69, 9.17) is 0 Å². The predicted octanol–water partition coefficient (Wildman–Crippen LogP) is 3.94. The molecule has 1 fully saturated rings. The molecule has 0 atom stereocenters. The molecule has 0 spiro atoms. The van der Waals surface area contributed by atoms with E-state index in [2.05, 4.69) is 34.5 Å². The van der Waals surface area contributed by atoms with Crippen LogP contribution in [0.5, 0.6) is 0 Å². The van der Waals surface area contributed by atoms with Gasteiger partial charge in [0.05, 0.1) is 11.0 Å². The average Bonchev–Trinajstić information content (AvgIpc) is 2.84. The molecule has 162 valence electrons. The Labute approximate surface area is 187 Å². The Bertz CT molecular complexity index is 1250. The van der Waals surface area contributed by atoms with Crippen molar-refractivity contribution in [1.82, 2.24) is 14.8 Å². The van der Waals surface area contributed by atoms with Crippen molar-refractivity contribution in [1.29, 1.82) is 0 Å². The largest absolute Gasteiger partial charge is 0.352 e. The second kappa shape index (κ2) is 8.97. The van der Waals surface area contributed by atoms with E-state index in [1.54, 1.807) is 0 Å². The van der Waals surface area contributed by atoms with E-state index in [9.17, 15) is 9.59 Å². The second-order valence-corrected chi connectivity index (χ2v) is 8.55. The molecule has 5 rings (SSSR count). The highest BCUT2D eigenvalue weighted by atomic mass is 16.2. The van der Waals surface area contributed by atoms with Crippen molar-refractivity contribution in [2.75, 3.05) is 13.1 Å². The quantitative estimate of drug-likeness (QED) is 0.493. The van der Waals surface area contributed by atoms with Crippen LogP contribution in [0, 0.1) is 0 Å². The molecular formula is C27H27N3O2. The Morgan fingerprint density at radius 2 is 1.38 bits per heavy atom. The van der Waals surface area contributed by atoms with E-state index < -0.39 is 0 Å². The van der Waals surface area contributed by atoms with Crippen LogP contribution in [0.3, 0.4) is 0 Å². The molecule has 3 aromatic carbocycles. The number of pyridine rings is 1. The van der Waals surface area contributed by atoms with Gasteiger partial charge in [-0.25, -0.2) is 0 Å². The van der Waals surface area contributed by atoms with Gasteiger partial charge in [0.15, 0.2) is 5.43 Å². The minimum Gasteiger partial charge on any atom is -0.352 e. The fraction of sp³-hybridized carbons (Fsp3) is 0.259. The molecule has 5 nitrogen and oxygen atoms in total. The number of hydrogen-bond donors (Lipinski definition) is 1. The lowest BCUT2D eigenvalue weighted by molar-refractivity contribution is -0.122. The van der Waals surface area contributed by atoms with Crippen molar-refractivity contribution >= 4 is 27.7 Å². The molecule has 1 amide bonds. The van der Waals surface area contributed by atoms with Crippen LogP contribution in [0.2, 0.25) is 0 Å². The van der Waals surface area contributed by atoms with E-state index in [-0.39, 0.29) is 23.9 Å². The number of likely N-dealkylation sites (tertiary alicyclic amines) is 1. The molecule has 4 aromatic rings. The van der Waals surface area contributed by atoms with E-state index >= 15 is 0 Å². The van der Waals surface area contributed by atoms with Crippen LogP contribution in [0.1, 0.15) is 18.4 Å². The molecule has 0 saturated carbocycles. The van der Waals surface area contributed by atoms with Crippen LogP contribution in [-0.4, -0.2) is 34.5 Å². The van der Waals surface area contributed by atoms with Crippen molar-refractivity contribution in [3.63, 3.8) is 0 Å². The van der Waals surface area contributed by atoms with Gasteiger partial charge in [-0.15, -0.1) is 0 Å². The number of hydrogen-bond acceptors (Lipinski definition) is 3. The molecule has 1 aliphatic heterocycles. The summed E-state index contributed by atoms with van der Waals surface area (Å²) in [5.41, 5.74) is 2.93. The SMILES string of the molecule is O=C(Cn1c2ccccc2c(=O)c2ccccc21)NC1CCN(Cc2ccccc2)CC1. The smallest absolute Gasteiger partial charge is 0.240 e. The van der Waals surface area contributed by atoms with Crippen molar-refractivity contribution in [3.8, 4) is 0 Å². The maximum absolute atomic E-state index is 13.0. The molecule has 0 bridgehead atoms. The lowest BCUT2D eigenvalue weighted by Gasteiger charge is -2.32. The first-order valence-corrected chi connectivity index (χ1v) is 11.2. The van der Waals surface area contributed by atoms with Gasteiger partial charge in [0.1, 0.15) is 6.54 Å². The monoisotopic (exact) mass is 425 g/mol. The fourth-order valence-corrected chi connectivity index (χ4v) is 4.74. The number of amides is 1. The number of carbonyl (C=O) groups excluding carboxylic acids is 1. The number of para-hydroxylation sites is 2. The molecular weight excluding hydrogens is 398 g/mol. The third kappa shape index (κ3) is 4.16. The lowest BCUT2D eigenvalue weighted by atomic mass is 10.0. The van der Waals surface area contributed by atoms with Gasteiger partial charge in [0, 0.05) is 36.4 Å². The Morgan fingerprint density at radius 3 is 2.00 bits per heavy atom. The highest BCUT2D eigenvalue weighted by Crippen LogP contribution is 2.19. The Hall–Kier alpha value is -3.44. The first kappa shape index (κ1) is 20.5. The molecule has 32 heavy (non-hydrogen) atoms. The highest BCUT2D eigenvalue weighted by molar-refractivity contribution is 5.94. The molecule has 0 radical (unpaired) electrons. The minimum absolute atomic E-state index is 0.00883. The second-order valence-electron chi connectivity index (χ2n) is 8.55. The fourth-order valence-electron chi connectivity index (χ4n) is 4.74. The summed E-state index contributed by atoms with van der Waals surface area (Å²) < 4.78 is 1.96. The summed E-state index contributed by atoms with van der Waals surface area (Å²) in [6, 6.07) is 25.8. The summed E-state index contributed by atoms with van der Waals surface area (Å²) >= 11 is 0. The van der Waals surface area contributed by atoms with Crippen molar-refractivity contribution in [2.45, 2.75) is 32.0 Å². The third-order valence-electron chi connectivity index (χ3n) is 6.38. The van der Waals surface area contributed by atoms with Gasteiger partial charge in [-0.05, 0) is 42.7 Å². The minimum atomic E-state index is -0.00883. The van der Waals surface area contributed by atoms with Gasteiger partial charge in [-0.3, -0.25) is 14.5 Å². The Kier molecular flexibility index (Phi) is 5.73. The zero-order valence-electron chi connectivity index (χ0n) is 18.0. The molecule has 5 heteroatoms. The van der Waals surface area contributed by atoms with Gasteiger partial charge in [0.2, 0.25) is 5.91 Å². The van der Waals surface area contributed by atoms with Crippen molar-refractivity contribution in [2.24, 2.45) is 0 Å². The lowest BCUT2D eigenvalue weighted by Crippen LogP contribution is -2.45. The van der Waals surface area contributed by atoms with Gasteiger partial charge in [0.25, 0.3) is 0 Å². The number of piperidine rings is 1. The molecule has 0 unspecified atom stereocenters. The summed E-state index contributed by atoms with van der Waals surface area (Å²) in [5, 5.41) is 4.52. The Morgan fingerprint density at radius 1 is 0.812 bits per heavy atom. The summed E-state index contributed by atoms with van der Waals surface area (Å²) in [6.45, 7) is 3.11. The van der Waals surface area contributed by atoms with Crippen molar-refractivity contribution in [3.05, 3.63) is 94.6 Å². The summed E-state index contributed by atoms with van der Waals surface area (Å²) in [5.74, 6) is -0.00883. The van der Waals surface area contributed by atoms with Gasteiger partial charge < -0.3 is 9.88 Å². The predicted molar refractivity (Wildman–Crippen MR) is 129 cm³/mol. The van der Waals surface area contributed by atoms with E-state index in [1.807, 2.05) is 59.2 Å². The van der Waals surface area contributed by atoms with Gasteiger partial charge >= 0.3 is 0 Å². The Balaban J connectivity index is 1.29. The first-order valence-electron chi connectivity index (χ1n) is 11.2.